The van der Waals surface area contributed by atoms with Crippen molar-refractivity contribution in [2.24, 2.45) is 17.8 Å². The zero-order valence-electron chi connectivity index (χ0n) is 11.3. The van der Waals surface area contributed by atoms with Crippen LogP contribution in [0.2, 0.25) is 0 Å². The van der Waals surface area contributed by atoms with Crippen LogP contribution in [0.5, 0.6) is 0 Å². The third-order valence-electron chi connectivity index (χ3n) is 5.26. The minimum absolute atomic E-state index is 0.0443. The maximum atomic E-state index is 11.9. The molecule has 4 heteroatoms. The molecule has 0 aromatic rings. The molecule has 3 rings (SSSR count). The fourth-order valence-corrected chi connectivity index (χ4v) is 4.29. The van der Waals surface area contributed by atoms with Gasteiger partial charge in [0.05, 0.1) is 0 Å². The van der Waals surface area contributed by atoms with Gasteiger partial charge in [-0.05, 0) is 37.0 Å². The molecule has 2 saturated carbocycles. The number of piperazine rings is 1. The highest BCUT2D eigenvalue weighted by molar-refractivity contribution is 5.81. The molecule has 1 amide bonds. The number of nitrogens with one attached hydrogen (secondary N) is 2. The number of hydrogen-bond acceptors (Lipinski definition) is 3. The van der Waals surface area contributed by atoms with E-state index >= 15 is 0 Å². The molecule has 3 fully saturated rings. The third kappa shape index (κ3) is 2.28. The average molecular weight is 251 g/mol. The summed E-state index contributed by atoms with van der Waals surface area (Å²) < 4.78 is 0. The topological polar surface area (TPSA) is 44.4 Å². The van der Waals surface area contributed by atoms with Crippen LogP contribution >= 0.6 is 0 Å². The Bertz CT molecular complexity index is 320. The van der Waals surface area contributed by atoms with Crippen molar-refractivity contribution in [2.75, 3.05) is 33.2 Å². The zero-order valence-corrected chi connectivity index (χ0v) is 11.3. The third-order valence-corrected chi connectivity index (χ3v) is 5.26. The van der Waals surface area contributed by atoms with Crippen molar-refractivity contribution in [3.8, 4) is 0 Å². The van der Waals surface area contributed by atoms with Crippen LogP contribution in [-0.4, -0.2) is 50.1 Å². The highest BCUT2D eigenvalue weighted by Gasteiger charge is 2.41. The summed E-state index contributed by atoms with van der Waals surface area (Å²) in [4.78, 5) is 14.3. The van der Waals surface area contributed by atoms with Crippen molar-refractivity contribution in [1.29, 1.82) is 0 Å². The van der Waals surface area contributed by atoms with Gasteiger partial charge in [-0.2, -0.15) is 0 Å². The van der Waals surface area contributed by atoms with Gasteiger partial charge >= 0.3 is 0 Å². The van der Waals surface area contributed by atoms with Gasteiger partial charge in [0.15, 0.2) is 0 Å². The van der Waals surface area contributed by atoms with E-state index in [9.17, 15) is 4.79 Å². The van der Waals surface area contributed by atoms with Gasteiger partial charge in [0.2, 0.25) is 5.91 Å². The van der Waals surface area contributed by atoms with Crippen molar-refractivity contribution in [3.63, 3.8) is 0 Å². The summed E-state index contributed by atoms with van der Waals surface area (Å²) in [5, 5.41) is 6.14. The van der Waals surface area contributed by atoms with E-state index in [1.54, 1.807) is 7.05 Å². The second-order valence-electron chi connectivity index (χ2n) is 6.26. The molecule has 4 unspecified atom stereocenters. The number of amides is 1. The van der Waals surface area contributed by atoms with Gasteiger partial charge in [-0.1, -0.05) is 6.42 Å². The molecule has 2 N–H and O–H groups in total. The fourth-order valence-electron chi connectivity index (χ4n) is 4.29. The lowest BCUT2D eigenvalue weighted by molar-refractivity contribution is -0.126. The summed E-state index contributed by atoms with van der Waals surface area (Å²) in [6.45, 7) is 3.99. The molecule has 4 atom stereocenters. The number of fused-ring (bicyclic) bond motifs is 2. The number of hydrogen-bond donors (Lipinski definition) is 2. The van der Waals surface area contributed by atoms with Gasteiger partial charge in [0.1, 0.15) is 6.04 Å². The van der Waals surface area contributed by atoms with E-state index in [0.29, 0.717) is 0 Å². The van der Waals surface area contributed by atoms with Crippen molar-refractivity contribution < 1.29 is 4.79 Å². The van der Waals surface area contributed by atoms with E-state index in [1.165, 1.54) is 25.7 Å². The van der Waals surface area contributed by atoms with Gasteiger partial charge in [0, 0.05) is 33.2 Å². The van der Waals surface area contributed by atoms with Crippen LogP contribution in [0.25, 0.3) is 0 Å². The van der Waals surface area contributed by atoms with Crippen LogP contribution in [0.15, 0.2) is 0 Å². The Morgan fingerprint density at radius 2 is 2.28 bits per heavy atom. The molecule has 2 aliphatic carbocycles. The molecule has 0 aromatic heterocycles. The summed E-state index contributed by atoms with van der Waals surface area (Å²) in [6, 6.07) is 0.0443. The first-order chi connectivity index (χ1) is 8.78. The normalized spacial score (nSPS) is 40.1. The van der Waals surface area contributed by atoms with Gasteiger partial charge in [-0.15, -0.1) is 0 Å². The van der Waals surface area contributed by atoms with Crippen LogP contribution in [0.4, 0.5) is 0 Å². The van der Waals surface area contributed by atoms with Crippen LogP contribution in [0.1, 0.15) is 25.7 Å². The predicted molar refractivity (Wildman–Crippen MR) is 71.2 cm³/mol. The molecule has 0 aromatic carbocycles. The molecular weight excluding hydrogens is 226 g/mol. The highest BCUT2D eigenvalue weighted by Crippen LogP contribution is 2.48. The molecule has 18 heavy (non-hydrogen) atoms. The summed E-state index contributed by atoms with van der Waals surface area (Å²) >= 11 is 0. The largest absolute Gasteiger partial charge is 0.358 e. The number of carbonyl (C=O) groups excluding carboxylic acids is 1. The van der Waals surface area contributed by atoms with Crippen molar-refractivity contribution in [3.05, 3.63) is 0 Å². The molecule has 3 aliphatic rings. The van der Waals surface area contributed by atoms with Gasteiger partial charge in [-0.3, -0.25) is 9.69 Å². The fraction of sp³-hybridized carbons (Fsp3) is 0.929. The van der Waals surface area contributed by atoms with E-state index in [1.807, 2.05) is 0 Å². The van der Waals surface area contributed by atoms with Crippen molar-refractivity contribution >= 4 is 5.91 Å². The van der Waals surface area contributed by atoms with Crippen molar-refractivity contribution in [1.82, 2.24) is 15.5 Å². The number of rotatable bonds is 3. The molecule has 102 valence electrons. The minimum atomic E-state index is 0.0443. The Morgan fingerprint density at radius 1 is 1.39 bits per heavy atom. The summed E-state index contributed by atoms with van der Waals surface area (Å²) in [6.07, 6.45) is 5.77. The average Bonchev–Trinajstić information content (AvgIpc) is 3.01. The lowest BCUT2D eigenvalue weighted by atomic mass is 9.88. The Kier molecular flexibility index (Phi) is 3.57. The molecule has 0 spiro atoms. The summed E-state index contributed by atoms with van der Waals surface area (Å²) in [5.41, 5.74) is 0. The second kappa shape index (κ2) is 5.17. The van der Waals surface area contributed by atoms with E-state index in [2.05, 4.69) is 15.5 Å². The second-order valence-corrected chi connectivity index (χ2v) is 6.26. The van der Waals surface area contributed by atoms with E-state index in [-0.39, 0.29) is 11.9 Å². The Morgan fingerprint density at radius 3 is 2.94 bits per heavy atom. The summed E-state index contributed by atoms with van der Waals surface area (Å²) in [7, 11) is 1.74. The number of likely N-dealkylation sites (N-methyl/N-ethyl adjacent to an activating group) is 1. The lowest BCUT2D eigenvalue weighted by Gasteiger charge is -2.38. The van der Waals surface area contributed by atoms with Crippen LogP contribution < -0.4 is 10.6 Å². The molecule has 1 saturated heterocycles. The molecule has 0 radical (unpaired) electrons. The molecule has 1 heterocycles. The van der Waals surface area contributed by atoms with E-state index in [0.717, 1.165) is 43.9 Å². The first-order valence-electron chi connectivity index (χ1n) is 7.44. The standard InChI is InChI=1S/C14H25N3O/c1-15-14(18)13-8-16-4-5-17(13)9-12-7-10-2-3-11(12)6-10/h10-13,16H,2-9H2,1H3,(H,15,18). The monoisotopic (exact) mass is 251 g/mol. The van der Waals surface area contributed by atoms with Crippen LogP contribution in [-0.2, 0) is 4.79 Å². The molecular formula is C14H25N3O. The maximum absolute atomic E-state index is 11.9. The zero-order chi connectivity index (χ0) is 12.5. The Hall–Kier alpha value is -0.610. The number of nitrogens with zero attached hydrogens (tertiary/aromatic N) is 1. The smallest absolute Gasteiger partial charge is 0.238 e. The maximum Gasteiger partial charge on any atom is 0.238 e. The van der Waals surface area contributed by atoms with Crippen molar-refractivity contribution in [2.45, 2.75) is 31.7 Å². The quantitative estimate of drug-likeness (QED) is 0.765. The first kappa shape index (κ1) is 12.4. The minimum Gasteiger partial charge on any atom is -0.358 e. The van der Waals surface area contributed by atoms with Gasteiger partial charge in [-0.25, -0.2) is 0 Å². The van der Waals surface area contributed by atoms with E-state index in [4.69, 9.17) is 0 Å². The number of carbonyl (C=O) groups is 1. The van der Waals surface area contributed by atoms with Gasteiger partial charge < -0.3 is 10.6 Å². The van der Waals surface area contributed by atoms with E-state index < -0.39 is 0 Å². The molecule has 1 aliphatic heterocycles. The Labute approximate surface area is 109 Å². The summed E-state index contributed by atoms with van der Waals surface area (Å²) in [5.74, 6) is 2.98. The molecule has 4 nitrogen and oxygen atoms in total. The SMILES string of the molecule is CNC(=O)C1CNCCN1CC1CC2CCC1C2. The Balaban J connectivity index is 1.61. The predicted octanol–water partition coefficient (Wildman–Crippen LogP) is 0.442. The van der Waals surface area contributed by atoms with Gasteiger partial charge in [0.25, 0.3) is 0 Å². The highest BCUT2D eigenvalue weighted by atomic mass is 16.2. The van der Waals surface area contributed by atoms with Crippen LogP contribution in [0, 0.1) is 17.8 Å². The lowest BCUT2D eigenvalue weighted by Crippen LogP contribution is -2.58. The molecule has 2 bridgehead atoms. The van der Waals surface area contributed by atoms with Crippen LogP contribution in [0.3, 0.4) is 0 Å². The first-order valence-corrected chi connectivity index (χ1v) is 7.44.